The van der Waals surface area contributed by atoms with Crippen LogP contribution in [0.15, 0.2) is 35.3 Å². The van der Waals surface area contributed by atoms with Crippen molar-refractivity contribution in [2.24, 2.45) is 4.99 Å². The second-order valence-corrected chi connectivity index (χ2v) is 9.18. The Morgan fingerprint density at radius 1 is 1.22 bits per heavy atom. The van der Waals surface area contributed by atoms with Crippen molar-refractivity contribution in [3.63, 3.8) is 0 Å². The summed E-state index contributed by atoms with van der Waals surface area (Å²) in [6, 6.07) is 11.0. The number of nitrogens with zero attached hydrogens (tertiary/aromatic N) is 2. The summed E-state index contributed by atoms with van der Waals surface area (Å²) in [5.74, 6) is 0.824. The first-order chi connectivity index (χ1) is 13.0. The Balaban J connectivity index is 1.60. The number of hydrogen-bond acceptors (Lipinski definition) is 5. The standard InChI is InChI=1S/C19H32N4O3S/c1-20-19(21-10-13-26-14-15-27(2,24)25)22-18-8-11-23(12-9-18)16-17-6-4-3-5-7-17/h3-7,18H,8-16H2,1-2H3,(H2,20,21,22). The number of guanidine groups is 1. The van der Waals surface area contributed by atoms with Gasteiger partial charge < -0.3 is 15.4 Å². The van der Waals surface area contributed by atoms with Crippen LogP contribution in [-0.4, -0.2) is 77.2 Å². The second-order valence-electron chi connectivity index (χ2n) is 6.92. The van der Waals surface area contributed by atoms with E-state index in [1.54, 1.807) is 7.05 Å². The average molecular weight is 397 g/mol. The van der Waals surface area contributed by atoms with Gasteiger partial charge >= 0.3 is 0 Å². The highest BCUT2D eigenvalue weighted by molar-refractivity contribution is 7.90. The van der Waals surface area contributed by atoms with E-state index < -0.39 is 9.84 Å². The molecule has 0 bridgehead atoms. The monoisotopic (exact) mass is 396 g/mol. The minimum atomic E-state index is -2.96. The van der Waals surface area contributed by atoms with Gasteiger partial charge in [0.25, 0.3) is 0 Å². The number of sulfone groups is 1. The fraction of sp³-hybridized carbons (Fsp3) is 0.632. The Morgan fingerprint density at radius 3 is 2.56 bits per heavy atom. The molecule has 1 aromatic carbocycles. The van der Waals surface area contributed by atoms with Crippen molar-refractivity contribution in [3.8, 4) is 0 Å². The van der Waals surface area contributed by atoms with Gasteiger partial charge in [-0.15, -0.1) is 0 Å². The van der Waals surface area contributed by atoms with Crippen LogP contribution in [0.5, 0.6) is 0 Å². The molecule has 152 valence electrons. The maximum Gasteiger partial charge on any atom is 0.191 e. The van der Waals surface area contributed by atoms with Crippen LogP contribution in [0.1, 0.15) is 18.4 Å². The lowest BCUT2D eigenvalue weighted by atomic mass is 10.0. The molecule has 27 heavy (non-hydrogen) atoms. The first kappa shape index (κ1) is 21.7. The summed E-state index contributed by atoms with van der Waals surface area (Å²) >= 11 is 0. The minimum Gasteiger partial charge on any atom is -0.379 e. The van der Waals surface area contributed by atoms with Crippen molar-refractivity contribution in [2.75, 3.05) is 51.9 Å². The summed E-state index contributed by atoms with van der Waals surface area (Å²) in [7, 11) is -1.21. The normalized spacial score (nSPS) is 17.0. The zero-order valence-corrected chi connectivity index (χ0v) is 17.2. The van der Waals surface area contributed by atoms with Crippen LogP contribution in [0, 0.1) is 0 Å². The SMILES string of the molecule is CN=C(NCCOCCS(C)(=O)=O)NC1CCN(Cc2ccccc2)CC1. The number of hydrogen-bond donors (Lipinski definition) is 2. The number of piperidine rings is 1. The van der Waals surface area contributed by atoms with Crippen LogP contribution in [0.3, 0.4) is 0 Å². The van der Waals surface area contributed by atoms with Crippen LogP contribution in [-0.2, 0) is 21.1 Å². The number of benzene rings is 1. The van der Waals surface area contributed by atoms with Crippen molar-refractivity contribution in [3.05, 3.63) is 35.9 Å². The third-order valence-corrected chi connectivity index (χ3v) is 5.45. The Morgan fingerprint density at radius 2 is 1.93 bits per heavy atom. The third kappa shape index (κ3) is 9.21. The van der Waals surface area contributed by atoms with E-state index in [1.165, 1.54) is 11.8 Å². The summed E-state index contributed by atoms with van der Waals surface area (Å²) < 4.78 is 27.4. The molecule has 1 aliphatic rings. The highest BCUT2D eigenvalue weighted by Crippen LogP contribution is 2.13. The lowest BCUT2D eigenvalue weighted by Crippen LogP contribution is -2.49. The molecule has 0 amide bonds. The van der Waals surface area contributed by atoms with Crippen molar-refractivity contribution in [1.29, 1.82) is 0 Å². The van der Waals surface area contributed by atoms with E-state index in [1.807, 2.05) is 0 Å². The number of rotatable bonds is 9. The van der Waals surface area contributed by atoms with Crippen LogP contribution in [0.25, 0.3) is 0 Å². The van der Waals surface area contributed by atoms with Crippen LogP contribution in [0.2, 0.25) is 0 Å². The van der Waals surface area contributed by atoms with Crippen LogP contribution >= 0.6 is 0 Å². The molecule has 2 rings (SSSR count). The molecule has 0 aliphatic carbocycles. The Hall–Kier alpha value is -1.64. The molecule has 1 aliphatic heterocycles. The van der Waals surface area contributed by atoms with Gasteiger partial charge in [-0.05, 0) is 18.4 Å². The Labute approximate surface area is 163 Å². The highest BCUT2D eigenvalue weighted by atomic mass is 32.2. The molecule has 2 N–H and O–H groups in total. The smallest absolute Gasteiger partial charge is 0.191 e. The van der Waals surface area contributed by atoms with Gasteiger partial charge in [0.05, 0.1) is 19.0 Å². The third-order valence-electron chi connectivity index (χ3n) is 4.54. The lowest BCUT2D eigenvalue weighted by molar-refractivity contribution is 0.153. The number of likely N-dealkylation sites (tertiary alicyclic amines) is 1. The predicted molar refractivity (Wildman–Crippen MR) is 110 cm³/mol. The van der Waals surface area contributed by atoms with E-state index in [4.69, 9.17) is 4.74 Å². The molecular weight excluding hydrogens is 364 g/mol. The summed E-state index contributed by atoms with van der Waals surface area (Å²) in [5, 5.41) is 6.68. The van der Waals surface area contributed by atoms with Gasteiger partial charge in [-0.3, -0.25) is 9.89 Å². The molecule has 0 radical (unpaired) electrons. The summed E-state index contributed by atoms with van der Waals surface area (Å²) in [6.45, 7) is 4.41. The molecule has 7 nitrogen and oxygen atoms in total. The zero-order chi connectivity index (χ0) is 19.5. The molecular formula is C19H32N4O3S. The van der Waals surface area contributed by atoms with Crippen molar-refractivity contribution >= 4 is 15.8 Å². The molecule has 0 atom stereocenters. The minimum absolute atomic E-state index is 0.0571. The average Bonchev–Trinajstić information content (AvgIpc) is 2.65. The van der Waals surface area contributed by atoms with Gasteiger partial charge in [-0.2, -0.15) is 0 Å². The van der Waals surface area contributed by atoms with E-state index in [2.05, 4.69) is 50.9 Å². The Kier molecular flexibility index (Phi) is 9.03. The van der Waals surface area contributed by atoms with E-state index in [0.29, 0.717) is 19.2 Å². The number of nitrogens with one attached hydrogen (secondary N) is 2. The van der Waals surface area contributed by atoms with Gasteiger partial charge in [-0.25, -0.2) is 8.42 Å². The van der Waals surface area contributed by atoms with Crippen molar-refractivity contribution in [1.82, 2.24) is 15.5 Å². The maximum atomic E-state index is 11.0. The van der Waals surface area contributed by atoms with E-state index in [0.717, 1.165) is 38.4 Å². The van der Waals surface area contributed by atoms with E-state index in [9.17, 15) is 8.42 Å². The second kappa shape index (κ2) is 11.3. The molecule has 1 saturated heterocycles. The number of aliphatic imine (C=N–C) groups is 1. The van der Waals surface area contributed by atoms with Crippen molar-refractivity contribution in [2.45, 2.75) is 25.4 Å². The van der Waals surface area contributed by atoms with Crippen molar-refractivity contribution < 1.29 is 13.2 Å². The molecule has 0 aromatic heterocycles. The fourth-order valence-electron chi connectivity index (χ4n) is 3.02. The van der Waals surface area contributed by atoms with Gasteiger partial charge in [-0.1, -0.05) is 30.3 Å². The van der Waals surface area contributed by atoms with Crippen LogP contribution < -0.4 is 10.6 Å². The zero-order valence-electron chi connectivity index (χ0n) is 16.4. The number of ether oxygens (including phenoxy) is 1. The van der Waals surface area contributed by atoms with Gasteiger partial charge in [0.2, 0.25) is 0 Å². The summed E-state index contributed by atoms with van der Waals surface area (Å²) in [4.78, 5) is 6.74. The highest BCUT2D eigenvalue weighted by Gasteiger charge is 2.19. The molecule has 8 heteroatoms. The quantitative estimate of drug-likeness (QED) is 0.366. The summed E-state index contributed by atoms with van der Waals surface area (Å²) in [5.41, 5.74) is 1.36. The Bertz CT molecular complexity index is 671. The maximum absolute atomic E-state index is 11.0. The molecule has 1 aromatic rings. The molecule has 0 spiro atoms. The molecule has 1 heterocycles. The lowest BCUT2D eigenvalue weighted by Gasteiger charge is -2.33. The first-order valence-electron chi connectivity index (χ1n) is 9.45. The van der Waals surface area contributed by atoms with E-state index in [-0.39, 0.29) is 12.4 Å². The first-order valence-corrected chi connectivity index (χ1v) is 11.5. The van der Waals surface area contributed by atoms with Gasteiger partial charge in [0.15, 0.2) is 5.96 Å². The van der Waals surface area contributed by atoms with Gasteiger partial charge in [0, 0.05) is 45.5 Å². The topological polar surface area (TPSA) is 83.0 Å². The summed E-state index contributed by atoms with van der Waals surface area (Å²) in [6.07, 6.45) is 3.38. The molecule has 1 fully saturated rings. The predicted octanol–water partition coefficient (Wildman–Crippen LogP) is 0.877. The largest absolute Gasteiger partial charge is 0.379 e. The molecule has 0 saturated carbocycles. The van der Waals surface area contributed by atoms with Crippen LogP contribution in [0.4, 0.5) is 0 Å². The van der Waals surface area contributed by atoms with E-state index >= 15 is 0 Å². The molecule has 0 unspecified atom stereocenters. The van der Waals surface area contributed by atoms with Gasteiger partial charge in [0.1, 0.15) is 9.84 Å². The fourth-order valence-corrected chi connectivity index (χ4v) is 3.44.